The molecule has 0 spiro atoms. The summed E-state index contributed by atoms with van der Waals surface area (Å²) in [6.45, 7) is 11.3. The van der Waals surface area contributed by atoms with Gasteiger partial charge in [-0.1, -0.05) is 51.1 Å². The van der Waals surface area contributed by atoms with Crippen LogP contribution in [-0.2, 0) is 20.5 Å². The maximum absolute atomic E-state index is 14.2. The number of benzene rings is 1. The predicted molar refractivity (Wildman–Crippen MR) is 105 cm³/mol. The molecule has 3 atom stereocenters. The summed E-state index contributed by atoms with van der Waals surface area (Å²) in [7, 11) is -2.69. The fourth-order valence-electron chi connectivity index (χ4n) is 3.27. The fraction of sp³-hybridized carbons (Fsp3) is 0.650. The van der Waals surface area contributed by atoms with Crippen molar-refractivity contribution in [3.63, 3.8) is 0 Å². The van der Waals surface area contributed by atoms with Gasteiger partial charge in [0.05, 0.1) is 6.04 Å². The zero-order chi connectivity index (χ0) is 22.3. The Labute approximate surface area is 171 Å². The standard InChI is InChI=1S/C20H30F3NO4Si/c1-14-19(20(21,22)23,28-29(5,6)7)27-16(18(2,3)4)24(14)17(25)26-13-15-11-9-8-10-12-15/h8-12,14,16H,13H2,1-7H3/t14-,16-,19-/m0/s1. The highest BCUT2D eigenvalue weighted by molar-refractivity contribution is 6.69. The number of carbonyl (C=O) groups excluding carboxylic acids is 1. The van der Waals surface area contributed by atoms with Crippen molar-refractivity contribution in [2.75, 3.05) is 0 Å². The quantitative estimate of drug-likeness (QED) is 0.586. The van der Waals surface area contributed by atoms with Gasteiger partial charge in [0.2, 0.25) is 0 Å². The van der Waals surface area contributed by atoms with E-state index in [1.165, 1.54) is 6.92 Å². The Bertz CT molecular complexity index is 715. The third-order valence-corrected chi connectivity index (χ3v) is 5.43. The fourth-order valence-corrected chi connectivity index (χ4v) is 4.52. The van der Waals surface area contributed by atoms with E-state index >= 15 is 0 Å². The largest absolute Gasteiger partial charge is 0.444 e. The molecule has 29 heavy (non-hydrogen) atoms. The van der Waals surface area contributed by atoms with E-state index in [0.717, 1.165) is 10.5 Å². The number of carbonyl (C=O) groups is 1. The number of rotatable bonds is 4. The minimum atomic E-state index is -4.83. The summed E-state index contributed by atoms with van der Waals surface area (Å²) in [6.07, 6.45) is -6.87. The van der Waals surface area contributed by atoms with Gasteiger partial charge in [-0.25, -0.2) is 4.79 Å². The summed E-state index contributed by atoms with van der Waals surface area (Å²) in [4.78, 5) is 13.9. The molecule has 1 saturated heterocycles. The Morgan fingerprint density at radius 2 is 1.72 bits per heavy atom. The van der Waals surface area contributed by atoms with Gasteiger partial charge in [0, 0.05) is 5.41 Å². The normalized spacial score (nSPS) is 25.9. The van der Waals surface area contributed by atoms with Gasteiger partial charge in [0.15, 0.2) is 8.32 Å². The molecule has 0 N–H and O–H groups in total. The van der Waals surface area contributed by atoms with Crippen molar-refractivity contribution in [2.24, 2.45) is 5.41 Å². The van der Waals surface area contributed by atoms with Crippen molar-refractivity contribution in [1.29, 1.82) is 0 Å². The van der Waals surface area contributed by atoms with Crippen molar-refractivity contribution in [3.8, 4) is 0 Å². The first-order valence-corrected chi connectivity index (χ1v) is 12.9. The molecular weight excluding hydrogens is 403 g/mol. The first-order valence-electron chi connectivity index (χ1n) is 9.52. The summed E-state index contributed by atoms with van der Waals surface area (Å²) >= 11 is 0. The first-order chi connectivity index (χ1) is 13.1. The summed E-state index contributed by atoms with van der Waals surface area (Å²) in [5.41, 5.74) is -0.0584. The van der Waals surface area contributed by atoms with Gasteiger partial charge in [-0.15, -0.1) is 0 Å². The Balaban J connectivity index is 2.39. The van der Waals surface area contributed by atoms with Crippen LogP contribution < -0.4 is 0 Å². The van der Waals surface area contributed by atoms with E-state index in [-0.39, 0.29) is 6.61 Å². The molecule has 0 saturated carbocycles. The van der Waals surface area contributed by atoms with Gasteiger partial charge < -0.3 is 13.9 Å². The van der Waals surface area contributed by atoms with Gasteiger partial charge in [0.25, 0.3) is 5.79 Å². The van der Waals surface area contributed by atoms with Crippen molar-refractivity contribution in [2.45, 2.75) is 78.2 Å². The molecule has 164 valence electrons. The molecule has 1 amide bonds. The molecule has 1 fully saturated rings. The lowest BCUT2D eigenvalue weighted by atomic mass is 9.93. The number of halogens is 3. The Morgan fingerprint density at radius 1 is 1.17 bits per heavy atom. The first kappa shape index (κ1) is 23.7. The number of hydrogen-bond acceptors (Lipinski definition) is 4. The van der Waals surface area contributed by atoms with Crippen molar-refractivity contribution in [3.05, 3.63) is 35.9 Å². The lowest BCUT2D eigenvalue weighted by Gasteiger charge is -2.39. The maximum Gasteiger partial charge on any atom is 0.444 e. The van der Waals surface area contributed by atoms with Gasteiger partial charge in [0.1, 0.15) is 12.8 Å². The third-order valence-electron chi connectivity index (χ3n) is 4.52. The van der Waals surface area contributed by atoms with Crippen molar-refractivity contribution >= 4 is 14.4 Å². The van der Waals surface area contributed by atoms with Crippen LogP contribution in [0, 0.1) is 5.41 Å². The van der Waals surface area contributed by atoms with Crippen LogP contribution in [0.4, 0.5) is 18.0 Å². The van der Waals surface area contributed by atoms with Crippen molar-refractivity contribution in [1.82, 2.24) is 4.90 Å². The molecule has 9 heteroatoms. The highest BCUT2D eigenvalue weighted by atomic mass is 28.4. The minimum Gasteiger partial charge on any atom is -0.444 e. The SMILES string of the molecule is C[C@@H]1N(C(=O)OCc2ccccc2)[C@H](C(C)(C)C)O[C@@]1(O[Si](C)(C)C)C(F)(F)F. The van der Waals surface area contributed by atoms with E-state index < -0.39 is 44.1 Å². The second-order valence-electron chi connectivity index (χ2n) is 9.34. The van der Waals surface area contributed by atoms with Gasteiger partial charge >= 0.3 is 12.3 Å². The molecular formula is C20H30F3NO4Si. The molecule has 0 aliphatic carbocycles. The van der Waals surface area contributed by atoms with Crippen LogP contribution in [0.3, 0.4) is 0 Å². The highest BCUT2D eigenvalue weighted by Crippen LogP contribution is 2.50. The summed E-state index contributed by atoms with van der Waals surface area (Å²) in [5, 5.41) is 0. The lowest BCUT2D eigenvalue weighted by Crippen LogP contribution is -2.60. The predicted octanol–water partition coefficient (Wildman–Crippen LogP) is 5.53. The third kappa shape index (κ3) is 5.13. The number of ether oxygens (including phenoxy) is 2. The van der Waals surface area contributed by atoms with Crippen LogP contribution in [0.5, 0.6) is 0 Å². The van der Waals surface area contributed by atoms with E-state index in [4.69, 9.17) is 13.9 Å². The van der Waals surface area contributed by atoms with Crippen LogP contribution in [-0.4, -0.2) is 43.5 Å². The van der Waals surface area contributed by atoms with Crippen LogP contribution in [0.15, 0.2) is 30.3 Å². The van der Waals surface area contributed by atoms with Crippen LogP contribution in [0.1, 0.15) is 33.3 Å². The Kier molecular flexibility index (Phi) is 6.47. The molecule has 2 rings (SSSR count). The van der Waals surface area contributed by atoms with Gasteiger partial charge in [-0.2, -0.15) is 13.2 Å². The average Bonchev–Trinajstić information content (AvgIpc) is 2.86. The monoisotopic (exact) mass is 433 g/mol. The topological polar surface area (TPSA) is 48.0 Å². The molecule has 0 unspecified atom stereocenters. The zero-order valence-electron chi connectivity index (χ0n) is 18.0. The van der Waals surface area contributed by atoms with Gasteiger partial charge in [-0.05, 0) is 32.1 Å². The second kappa shape index (κ2) is 7.92. The molecule has 1 aromatic carbocycles. The molecule has 0 aromatic heterocycles. The number of nitrogens with zero attached hydrogens (tertiary/aromatic N) is 1. The molecule has 1 heterocycles. The smallest absolute Gasteiger partial charge is 0.444 e. The van der Waals surface area contributed by atoms with Gasteiger partial charge in [-0.3, -0.25) is 4.90 Å². The van der Waals surface area contributed by atoms with Crippen LogP contribution >= 0.6 is 0 Å². The minimum absolute atomic E-state index is 0.0480. The Hall–Kier alpha value is -1.58. The summed E-state index contributed by atoms with van der Waals surface area (Å²) in [5.74, 6) is -2.90. The summed E-state index contributed by atoms with van der Waals surface area (Å²) < 4.78 is 59.2. The summed E-state index contributed by atoms with van der Waals surface area (Å²) in [6, 6.07) is 7.53. The van der Waals surface area contributed by atoms with E-state index in [2.05, 4.69) is 0 Å². The molecule has 1 aliphatic rings. The van der Waals surface area contributed by atoms with E-state index in [9.17, 15) is 18.0 Å². The molecule has 0 bridgehead atoms. The van der Waals surface area contributed by atoms with E-state index in [0.29, 0.717) is 0 Å². The molecule has 5 nitrogen and oxygen atoms in total. The Morgan fingerprint density at radius 3 is 2.17 bits per heavy atom. The van der Waals surface area contributed by atoms with Crippen LogP contribution in [0.25, 0.3) is 0 Å². The lowest BCUT2D eigenvalue weighted by molar-refractivity contribution is -0.355. The molecule has 1 aromatic rings. The maximum atomic E-state index is 14.2. The number of alkyl halides is 3. The van der Waals surface area contributed by atoms with Crippen molar-refractivity contribution < 1.29 is 31.9 Å². The number of amides is 1. The average molecular weight is 434 g/mol. The zero-order valence-corrected chi connectivity index (χ0v) is 19.0. The highest BCUT2D eigenvalue weighted by Gasteiger charge is 2.71. The van der Waals surface area contributed by atoms with E-state index in [1.54, 1.807) is 64.7 Å². The molecule has 1 aliphatic heterocycles. The van der Waals surface area contributed by atoms with Crippen LogP contribution in [0.2, 0.25) is 19.6 Å². The van der Waals surface area contributed by atoms with E-state index in [1.807, 2.05) is 6.07 Å². The number of hydrogen-bond donors (Lipinski definition) is 0. The second-order valence-corrected chi connectivity index (χ2v) is 13.8. The molecule has 0 radical (unpaired) electrons.